The summed E-state index contributed by atoms with van der Waals surface area (Å²) in [6, 6.07) is 9.75. The van der Waals surface area contributed by atoms with Gasteiger partial charge in [-0.2, -0.15) is 0 Å². The monoisotopic (exact) mass is 302 g/mol. The lowest BCUT2D eigenvalue weighted by Gasteiger charge is -2.01. The molecule has 1 aromatic carbocycles. The van der Waals surface area contributed by atoms with E-state index < -0.39 is 0 Å². The molecule has 0 fully saturated rings. The Morgan fingerprint density at radius 3 is 1.79 bits per heavy atom. The number of rotatable bonds is 3. The lowest BCUT2D eigenvalue weighted by Crippen LogP contribution is -2.12. The maximum atomic E-state index is 5.15. The molecule has 0 aliphatic carbocycles. The van der Waals surface area contributed by atoms with Crippen molar-refractivity contribution in [3.8, 4) is 0 Å². The summed E-state index contributed by atoms with van der Waals surface area (Å²) in [5.74, 6) is 0. The fourth-order valence-corrected chi connectivity index (χ4v) is 1.05. The third-order valence-corrected chi connectivity index (χ3v) is 1.75. The zero-order valence-corrected chi connectivity index (χ0v) is 13.2. The highest BCUT2D eigenvalue weighted by molar-refractivity contribution is 7.80. The third-order valence-electron chi connectivity index (χ3n) is 1.51. The molecule has 4 nitrogen and oxygen atoms in total. The van der Waals surface area contributed by atoms with Gasteiger partial charge in [0, 0.05) is 0 Å². The molecule has 0 radical (unpaired) electrons. The van der Waals surface area contributed by atoms with E-state index in [1.807, 2.05) is 51.1 Å². The molecule has 0 amide bonds. The topological polar surface area (TPSA) is 70.5 Å². The van der Waals surface area contributed by atoms with Crippen LogP contribution in [0.2, 0.25) is 0 Å². The maximum Gasteiger partial charge on any atom is 0.254 e. The molecule has 6 heteroatoms. The molecule has 0 unspecified atom stereocenters. The van der Waals surface area contributed by atoms with Gasteiger partial charge in [-0.1, -0.05) is 44.2 Å². The molecule has 0 saturated heterocycles. The largest absolute Gasteiger partial charge is 0.472 e. The zero-order valence-electron chi connectivity index (χ0n) is 11.6. The van der Waals surface area contributed by atoms with Gasteiger partial charge in [-0.05, 0) is 36.9 Å². The normalized spacial score (nSPS) is 7.95. The first-order chi connectivity index (χ1) is 9.06. The molecule has 0 atom stereocenters. The third kappa shape index (κ3) is 16.6. The van der Waals surface area contributed by atoms with Crippen molar-refractivity contribution in [2.45, 2.75) is 27.4 Å². The van der Waals surface area contributed by atoms with E-state index >= 15 is 0 Å². The number of hydrogen-bond donors (Lipinski definition) is 2. The quantitative estimate of drug-likeness (QED) is 0.837. The van der Waals surface area contributed by atoms with Gasteiger partial charge in [0.25, 0.3) is 10.3 Å². The molecule has 4 N–H and O–H groups in total. The predicted octanol–water partition coefficient (Wildman–Crippen LogP) is 2.74. The molecule has 0 bridgehead atoms. The standard InChI is InChI=1S/C8H9NOS.C3H7NOS.C2H6/c9-8(11)10-6-7-4-2-1-3-5-7;1-2-5-3(4)6;1-2/h1-5H,6H2,(H2,9,11);2H2,1H3,(H2,4,6);1-2H3. The van der Waals surface area contributed by atoms with Crippen LogP contribution in [-0.4, -0.2) is 17.0 Å². The van der Waals surface area contributed by atoms with Gasteiger partial charge in [0.2, 0.25) is 0 Å². The van der Waals surface area contributed by atoms with E-state index in [1.165, 1.54) is 0 Å². The molecule has 0 aliphatic rings. The summed E-state index contributed by atoms with van der Waals surface area (Å²) >= 11 is 8.90. The van der Waals surface area contributed by atoms with Crippen molar-refractivity contribution < 1.29 is 9.47 Å². The summed E-state index contributed by atoms with van der Waals surface area (Å²) in [5.41, 5.74) is 11.1. The lowest BCUT2D eigenvalue weighted by atomic mass is 10.2. The number of hydrogen-bond acceptors (Lipinski definition) is 4. The molecule has 0 spiro atoms. The maximum absolute atomic E-state index is 5.15. The number of ether oxygens (including phenoxy) is 2. The number of benzene rings is 1. The zero-order chi connectivity index (χ0) is 15.1. The highest BCUT2D eigenvalue weighted by atomic mass is 32.1. The molecule has 0 aromatic heterocycles. The Labute approximate surface area is 126 Å². The van der Waals surface area contributed by atoms with Gasteiger partial charge in [0.1, 0.15) is 6.61 Å². The second kappa shape index (κ2) is 14.7. The summed E-state index contributed by atoms with van der Waals surface area (Å²) in [6.45, 7) is 6.85. The predicted molar refractivity (Wildman–Crippen MR) is 87.8 cm³/mol. The smallest absolute Gasteiger partial charge is 0.254 e. The summed E-state index contributed by atoms with van der Waals surface area (Å²) < 4.78 is 9.49. The van der Waals surface area contributed by atoms with Crippen LogP contribution < -0.4 is 11.5 Å². The van der Waals surface area contributed by atoms with Crippen molar-refractivity contribution in [2.75, 3.05) is 6.61 Å². The number of nitrogens with two attached hydrogens (primary N) is 2. The molecule has 0 saturated carbocycles. The summed E-state index contributed by atoms with van der Waals surface area (Å²) in [7, 11) is 0. The van der Waals surface area contributed by atoms with E-state index in [9.17, 15) is 0 Å². The minimum Gasteiger partial charge on any atom is -0.472 e. The average molecular weight is 302 g/mol. The van der Waals surface area contributed by atoms with E-state index in [0.717, 1.165) is 5.56 Å². The van der Waals surface area contributed by atoms with E-state index in [4.69, 9.17) is 16.2 Å². The van der Waals surface area contributed by atoms with Crippen LogP contribution in [0.15, 0.2) is 30.3 Å². The van der Waals surface area contributed by atoms with Crippen molar-refractivity contribution in [3.05, 3.63) is 35.9 Å². The summed E-state index contributed by atoms with van der Waals surface area (Å²) in [5, 5.41) is 0.214. The minimum absolute atomic E-state index is 0.0915. The van der Waals surface area contributed by atoms with Crippen LogP contribution >= 0.6 is 24.4 Å². The van der Waals surface area contributed by atoms with Crippen LogP contribution in [0, 0.1) is 0 Å². The SMILES string of the molecule is CC.CCOC(N)=S.NC(=S)OCc1ccccc1. The van der Waals surface area contributed by atoms with Crippen molar-refractivity contribution in [3.63, 3.8) is 0 Å². The summed E-state index contributed by atoms with van der Waals surface area (Å²) in [4.78, 5) is 0. The van der Waals surface area contributed by atoms with Gasteiger partial charge >= 0.3 is 0 Å². The van der Waals surface area contributed by atoms with Gasteiger partial charge in [0.15, 0.2) is 0 Å². The molecule has 1 aromatic rings. The fourth-order valence-electron chi connectivity index (χ4n) is 0.871. The van der Waals surface area contributed by atoms with Gasteiger partial charge in [-0.25, -0.2) is 0 Å². The first-order valence-electron chi connectivity index (χ1n) is 5.94. The van der Waals surface area contributed by atoms with E-state index in [0.29, 0.717) is 13.2 Å². The second-order valence-electron chi connectivity index (χ2n) is 2.85. The Balaban J connectivity index is 0. The van der Waals surface area contributed by atoms with E-state index in [-0.39, 0.29) is 10.3 Å². The van der Waals surface area contributed by atoms with Gasteiger partial charge in [0.05, 0.1) is 6.61 Å². The van der Waals surface area contributed by atoms with Crippen LogP contribution in [-0.2, 0) is 16.1 Å². The number of thiocarbonyl (C=S) groups is 2. The van der Waals surface area contributed by atoms with Crippen LogP contribution in [0.1, 0.15) is 26.3 Å². The second-order valence-corrected chi connectivity index (χ2v) is 3.65. The minimum atomic E-state index is 0.0915. The van der Waals surface area contributed by atoms with Crippen molar-refractivity contribution >= 4 is 34.8 Å². The van der Waals surface area contributed by atoms with Crippen LogP contribution in [0.25, 0.3) is 0 Å². The Hall–Kier alpha value is -1.40. The highest BCUT2D eigenvalue weighted by Crippen LogP contribution is 1.99. The molecule has 0 heterocycles. The van der Waals surface area contributed by atoms with Crippen LogP contribution in [0.5, 0.6) is 0 Å². The van der Waals surface area contributed by atoms with Crippen molar-refractivity contribution in [2.24, 2.45) is 11.5 Å². The highest BCUT2D eigenvalue weighted by Gasteiger charge is 1.91. The van der Waals surface area contributed by atoms with E-state index in [1.54, 1.807) is 0 Å². The van der Waals surface area contributed by atoms with Crippen LogP contribution in [0.4, 0.5) is 0 Å². The summed E-state index contributed by atoms with van der Waals surface area (Å²) in [6.07, 6.45) is 0. The van der Waals surface area contributed by atoms with Gasteiger partial charge in [-0.3, -0.25) is 0 Å². The molecular weight excluding hydrogens is 280 g/mol. The van der Waals surface area contributed by atoms with Gasteiger partial charge in [-0.15, -0.1) is 0 Å². The molecule has 19 heavy (non-hydrogen) atoms. The Bertz CT molecular complexity index is 346. The lowest BCUT2D eigenvalue weighted by molar-refractivity contribution is 0.296. The van der Waals surface area contributed by atoms with E-state index in [2.05, 4.69) is 29.2 Å². The van der Waals surface area contributed by atoms with Crippen molar-refractivity contribution in [1.29, 1.82) is 0 Å². The Morgan fingerprint density at radius 1 is 1.00 bits per heavy atom. The molecule has 1 rings (SSSR count). The fraction of sp³-hybridized carbons (Fsp3) is 0.385. The first-order valence-corrected chi connectivity index (χ1v) is 6.76. The molecule has 108 valence electrons. The van der Waals surface area contributed by atoms with Crippen molar-refractivity contribution in [1.82, 2.24) is 0 Å². The Morgan fingerprint density at radius 2 is 1.47 bits per heavy atom. The van der Waals surface area contributed by atoms with Crippen LogP contribution in [0.3, 0.4) is 0 Å². The van der Waals surface area contributed by atoms with Gasteiger partial charge < -0.3 is 20.9 Å². The average Bonchev–Trinajstić information content (AvgIpc) is 2.40. The first kappa shape index (κ1) is 19.9. The molecule has 0 aliphatic heterocycles. The molecular formula is C13H22N2O2S2. The Kier molecular flexibility index (Phi) is 15.4.